The summed E-state index contributed by atoms with van der Waals surface area (Å²) in [6.45, 7) is 4.35. The number of nitrogens with zero attached hydrogens (tertiary/aromatic N) is 3. The average Bonchev–Trinajstić information content (AvgIpc) is 3.00. The summed E-state index contributed by atoms with van der Waals surface area (Å²) < 4.78 is 0. The highest BCUT2D eigenvalue weighted by Crippen LogP contribution is 2.29. The van der Waals surface area contributed by atoms with Crippen molar-refractivity contribution in [2.45, 2.75) is 52.0 Å². The van der Waals surface area contributed by atoms with Crippen LogP contribution in [-0.4, -0.2) is 34.1 Å². The van der Waals surface area contributed by atoms with E-state index in [9.17, 15) is 4.79 Å². The molecule has 0 bridgehead atoms. The van der Waals surface area contributed by atoms with Gasteiger partial charge in [-0.1, -0.05) is 12.8 Å². The number of amides is 1. The Bertz CT molecular complexity index is 511. The molecule has 1 aromatic heterocycles. The fourth-order valence-electron chi connectivity index (χ4n) is 3.40. The Kier molecular flexibility index (Phi) is 4.36. The van der Waals surface area contributed by atoms with Gasteiger partial charge in [-0.3, -0.25) is 4.79 Å². The molecule has 114 valence electrons. The highest BCUT2D eigenvalue weighted by atomic mass is 16.2. The van der Waals surface area contributed by atoms with Crippen LogP contribution in [0.1, 0.15) is 50.3 Å². The molecule has 5 nitrogen and oxygen atoms in total. The van der Waals surface area contributed by atoms with Crippen LogP contribution in [-0.2, 0) is 17.8 Å². The molecule has 21 heavy (non-hydrogen) atoms. The van der Waals surface area contributed by atoms with Gasteiger partial charge in [-0.15, -0.1) is 5.10 Å². The van der Waals surface area contributed by atoms with Gasteiger partial charge in [0.15, 0.2) is 0 Å². The molecule has 1 saturated carbocycles. The third-order valence-electron chi connectivity index (χ3n) is 4.59. The molecule has 0 unspecified atom stereocenters. The van der Waals surface area contributed by atoms with Crippen molar-refractivity contribution in [3.8, 4) is 0 Å². The number of aromatic nitrogens is 2. The van der Waals surface area contributed by atoms with Crippen LogP contribution >= 0.6 is 0 Å². The number of rotatable bonds is 4. The molecule has 0 atom stereocenters. The number of fused-ring (bicyclic) bond motifs is 1. The first kappa shape index (κ1) is 14.3. The summed E-state index contributed by atoms with van der Waals surface area (Å²) in [5, 5.41) is 11.6. The molecule has 1 amide bonds. The van der Waals surface area contributed by atoms with E-state index >= 15 is 0 Å². The van der Waals surface area contributed by atoms with E-state index in [1.807, 2.05) is 17.9 Å². The molecule has 0 spiro atoms. The Balaban J connectivity index is 1.64. The molecular formula is C16H24N4O. The van der Waals surface area contributed by atoms with E-state index in [0.29, 0.717) is 18.4 Å². The predicted octanol–water partition coefficient (Wildman–Crippen LogP) is 2.37. The second-order valence-electron chi connectivity index (χ2n) is 6.15. The molecule has 1 aromatic rings. The lowest BCUT2D eigenvalue weighted by Gasteiger charge is -2.29. The molecular weight excluding hydrogens is 264 g/mol. The van der Waals surface area contributed by atoms with Gasteiger partial charge in [-0.25, -0.2) is 0 Å². The monoisotopic (exact) mass is 288 g/mol. The largest absolute Gasteiger partial charge is 0.369 e. The van der Waals surface area contributed by atoms with E-state index in [1.165, 1.54) is 25.7 Å². The lowest BCUT2D eigenvalue weighted by atomic mass is 10.0. The van der Waals surface area contributed by atoms with Crippen LogP contribution in [0.15, 0.2) is 6.07 Å². The van der Waals surface area contributed by atoms with Crippen molar-refractivity contribution in [3.63, 3.8) is 0 Å². The third-order valence-corrected chi connectivity index (χ3v) is 4.59. The van der Waals surface area contributed by atoms with Gasteiger partial charge in [0.1, 0.15) is 5.82 Å². The zero-order chi connectivity index (χ0) is 14.7. The molecule has 0 radical (unpaired) electrons. The van der Waals surface area contributed by atoms with E-state index in [2.05, 4.69) is 15.5 Å². The van der Waals surface area contributed by atoms with Crippen molar-refractivity contribution >= 4 is 11.7 Å². The molecule has 2 heterocycles. The van der Waals surface area contributed by atoms with Crippen LogP contribution in [0.2, 0.25) is 0 Å². The van der Waals surface area contributed by atoms with Gasteiger partial charge < -0.3 is 10.2 Å². The van der Waals surface area contributed by atoms with Gasteiger partial charge in [-0.05, 0) is 37.3 Å². The first-order valence-electron chi connectivity index (χ1n) is 8.13. The minimum Gasteiger partial charge on any atom is -0.369 e. The Morgan fingerprint density at radius 1 is 1.38 bits per heavy atom. The molecule has 1 aliphatic heterocycles. The Labute approximate surface area is 126 Å². The van der Waals surface area contributed by atoms with Crippen LogP contribution in [0.4, 0.5) is 5.82 Å². The average molecular weight is 288 g/mol. The maximum Gasteiger partial charge on any atom is 0.223 e. The highest BCUT2D eigenvalue weighted by Gasteiger charge is 2.25. The van der Waals surface area contributed by atoms with Crippen molar-refractivity contribution in [1.29, 1.82) is 0 Å². The lowest BCUT2D eigenvalue weighted by molar-refractivity contribution is -0.133. The van der Waals surface area contributed by atoms with E-state index in [-0.39, 0.29) is 0 Å². The Hall–Kier alpha value is -1.65. The molecule has 1 aliphatic carbocycles. The summed E-state index contributed by atoms with van der Waals surface area (Å²) in [4.78, 5) is 14.4. The van der Waals surface area contributed by atoms with E-state index < -0.39 is 0 Å². The van der Waals surface area contributed by atoms with Gasteiger partial charge in [0, 0.05) is 32.5 Å². The van der Waals surface area contributed by atoms with Gasteiger partial charge in [0.25, 0.3) is 0 Å². The van der Waals surface area contributed by atoms with Crippen LogP contribution < -0.4 is 5.32 Å². The molecule has 2 aliphatic rings. The van der Waals surface area contributed by atoms with Crippen molar-refractivity contribution in [1.82, 2.24) is 15.1 Å². The minimum atomic E-state index is 0.314. The predicted molar refractivity (Wildman–Crippen MR) is 81.9 cm³/mol. The van der Waals surface area contributed by atoms with E-state index in [0.717, 1.165) is 43.0 Å². The van der Waals surface area contributed by atoms with Crippen LogP contribution in [0.25, 0.3) is 0 Å². The maximum atomic E-state index is 12.4. The number of nitrogens with one attached hydrogen (secondary N) is 1. The highest BCUT2D eigenvalue weighted by molar-refractivity contribution is 5.76. The standard InChI is InChI=1S/C16H24N4O/c1-2-17-15-10-13-11-20(8-7-14(13)18-19-15)16(21)9-12-5-3-4-6-12/h10,12H,2-9,11H2,1H3,(H,17,19). The minimum absolute atomic E-state index is 0.314. The number of anilines is 1. The molecule has 0 saturated heterocycles. The van der Waals surface area contributed by atoms with Gasteiger partial charge in [0.05, 0.1) is 5.69 Å². The lowest BCUT2D eigenvalue weighted by Crippen LogP contribution is -2.37. The van der Waals surface area contributed by atoms with E-state index in [4.69, 9.17) is 0 Å². The van der Waals surface area contributed by atoms with Gasteiger partial charge in [0.2, 0.25) is 5.91 Å². The van der Waals surface area contributed by atoms with Crippen LogP contribution in [0.3, 0.4) is 0 Å². The van der Waals surface area contributed by atoms with E-state index in [1.54, 1.807) is 0 Å². The molecule has 5 heteroatoms. The summed E-state index contributed by atoms with van der Waals surface area (Å²) in [6, 6.07) is 2.04. The first-order chi connectivity index (χ1) is 10.3. The summed E-state index contributed by atoms with van der Waals surface area (Å²) in [5.41, 5.74) is 2.19. The summed E-state index contributed by atoms with van der Waals surface area (Å²) in [7, 11) is 0. The van der Waals surface area contributed by atoms with Crippen molar-refractivity contribution < 1.29 is 4.79 Å². The van der Waals surface area contributed by atoms with Crippen molar-refractivity contribution in [3.05, 3.63) is 17.3 Å². The van der Waals surface area contributed by atoms with Gasteiger partial charge >= 0.3 is 0 Å². The summed E-state index contributed by atoms with van der Waals surface area (Å²) >= 11 is 0. The zero-order valence-corrected chi connectivity index (χ0v) is 12.8. The third kappa shape index (κ3) is 3.34. The fraction of sp³-hybridized carbons (Fsp3) is 0.688. The normalized spacial score (nSPS) is 18.6. The second kappa shape index (κ2) is 6.41. The number of carbonyl (C=O) groups is 1. The SMILES string of the molecule is CCNc1cc2c(nn1)CCN(C(=O)CC1CCCC1)C2. The number of hydrogen-bond donors (Lipinski definition) is 1. The molecule has 1 fully saturated rings. The number of carbonyl (C=O) groups excluding carboxylic acids is 1. The summed E-state index contributed by atoms with van der Waals surface area (Å²) in [5.74, 6) is 1.74. The number of hydrogen-bond acceptors (Lipinski definition) is 4. The molecule has 1 N–H and O–H groups in total. The molecule has 3 rings (SSSR count). The topological polar surface area (TPSA) is 58.1 Å². The van der Waals surface area contributed by atoms with Crippen LogP contribution in [0.5, 0.6) is 0 Å². The summed E-state index contributed by atoms with van der Waals surface area (Å²) in [6.07, 6.45) is 6.60. The zero-order valence-electron chi connectivity index (χ0n) is 12.8. The maximum absolute atomic E-state index is 12.4. The Morgan fingerprint density at radius 2 is 2.19 bits per heavy atom. The van der Waals surface area contributed by atoms with Crippen molar-refractivity contribution in [2.24, 2.45) is 5.92 Å². The smallest absolute Gasteiger partial charge is 0.223 e. The first-order valence-corrected chi connectivity index (χ1v) is 8.13. The second-order valence-corrected chi connectivity index (χ2v) is 6.15. The molecule has 0 aromatic carbocycles. The Morgan fingerprint density at radius 3 is 2.95 bits per heavy atom. The van der Waals surface area contributed by atoms with Crippen molar-refractivity contribution in [2.75, 3.05) is 18.4 Å². The van der Waals surface area contributed by atoms with Gasteiger partial charge in [-0.2, -0.15) is 5.10 Å². The fourth-order valence-corrected chi connectivity index (χ4v) is 3.40. The quantitative estimate of drug-likeness (QED) is 0.924. The van der Waals surface area contributed by atoms with Crippen LogP contribution in [0, 0.1) is 5.92 Å².